The van der Waals surface area contributed by atoms with Crippen molar-refractivity contribution in [2.45, 2.75) is 33.5 Å². The third-order valence-electron chi connectivity index (χ3n) is 1.04. The Hall–Kier alpha value is 0.771. The average Bonchev–Trinajstić information content (AvgIpc) is 1.78. The number of hydrogen-bond acceptors (Lipinski definition) is 4. The summed E-state index contributed by atoms with van der Waals surface area (Å²) in [6.07, 6.45) is 0. The first-order valence-corrected chi connectivity index (χ1v) is 10.5. The Morgan fingerprint density at radius 2 is 1.69 bits per heavy atom. The van der Waals surface area contributed by atoms with Gasteiger partial charge in [0.1, 0.15) is 0 Å². The van der Waals surface area contributed by atoms with Crippen LogP contribution in [0.2, 0.25) is 19.6 Å². The van der Waals surface area contributed by atoms with E-state index in [-0.39, 0.29) is 5.92 Å². The standard InChI is InChI=1S/C4H9O.C3H9OSi.2H2O.Ti/c1-4(2)3-5;1-5(2,3)4;;;/h4H,3H2,1-2H3;1-3H3;2*1H2;/q2*-1;;;+4/p-2. The molecule has 0 spiro atoms. The summed E-state index contributed by atoms with van der Waals surface area (Å²) in [5.41, 5.74) is 0. The summed E-state index contributed by atoms with van der Waals surface area (Å²) in [6.45, 7) is 9.95. The van der Waals surface area contributed by atoms with Gasteiger partial charge in [-0.25, -0.2) is 0 Å². The zero-order valence-corrected chi connectivity index (χ0v) is 11.6. The summed E-state index contributed by atoms with van der Waals surface area (Å²) in [5.74, 6) is 0.287. The summed E-state index contributed by atoms with van der Waals surface area (Å²) in [5, 5.41) is 0. The second-order valence-corrected chi connectivity index (χ2v) is 12.0. The Labute approximate surface area is 86.3 Å². The van der Waals surface area contributed by atoms with Crippen LogP contribution in [0.1, 0.15) is 13.8 Å². The van der Waals surface area contributed by atoms with Crippen LogP contribution in [-0.2, 0) is 24.5 Å². The quantitative estimate of drug-likeness (QED) is 0.716. The molecule has 0 heterocycles. The molecular weight excluding hydrogens is 224 g/mol. The second-order valence-electron chi connectivity index (χ2n) is 4.47. The predicted molar refractivity (Wildman–Crippen MR) is 49.7 cm³/mol. The van der Waals surface area contributed by atoms with Gasteiger partial charge in [-0.2, -0.15) is 0 Å². The third kappa shape index (κ3) is 9.08. The van der Waals surface area contributed by atoms with E-state index < -0.39 is 26.5 Å². The molecule has 0 saturated carbocycles. The molecule has 0 unspecified atom stereocenters. The second kappa shape index (κ2) is 5.02. The molecule has 2 N–H and O–H groups in total. The van der Waals surface area contributed by atoms with Gasteiger partial charge in [-0.1, -0.05) is 0 Å². The summed E-state index contributed by atoms with van der Waals surface area (Å²) >= 11 is -4.34. The minimum absolute atomic E-state index is 0.287. The van der Waals surface area contributed by atoms with E-state index in [0.29, 0.717) is 6.61 Å². The Morgan fingerprint density at radius 3 is 2.00 bits per heavy atom. The van der Waals surface area contributed by atoms with Gasteiger partial charge in [0.05, 0.1) is 0 Å². The molecule has 0 aliphatic carbocycles. The van der Waals surface area contributed by atoms with Gasteiger partial charge in [0.25, 0.3) is 0 Å². The Morgan fingerprint density at radius 1 is 1.23 bits per heavy atom. The fraction of sp³-hybridized carbons (Fsp3) is 1.00. The van der Waals surface area contributed by atoms with Crippen molar-refractivity contribution in [2.75, 3.05) is 6.61 Å². The normalized spacial score (nSPS) is 13.8. The molecule has 0 saturated heterocycles. The summed E-state index contributed by atoms with van der Waals surface area (Å²) in [7, 11) is -1.91. The monoisotopic (exact) mass is 244 g/mol. The van der Waals surface area contributed by atoms with E-state index in [1.165, 1.54) is 0 Å². The van der Waals surface area contributed by atoms with Gasteiger partial charge >= 0.3 is 86.2 Å². The van der Waals surface area contributed by atoms with Gasteiger partial charge < -0.3 is 0 Å². The first-order chi connectivity index (χ1) is 5.62. The number of hydrogen-bond donors (Lipinski definition) is 2. The van der Waals surface area contributed by atoms with Crippen LogP contribution in [0.4, 0.5) is 0 Å². The van der Waals surface area contributed by atoms with Crippen molar-refractivity contribution in [1.82, 2.24) is 0 Å². The Balaban J connectivity index is 3.94. The van der Waals surface area contributed by atoms with Crippen molar-refractivity contribution >= 4 is 8.32 Å². The third-order valence-corrected chi connectivity index (χ3v) is 6.88. The summed E-state index contributed by atoms with van der Waals surface area (Å²) < 4.78 is 29.0. The molecule has 80 valence electrons. The van der Waals surface area contributed by atoms with E-state index in [4.69, 9.17) is 6.33 Å². The molecule has 0 fully saturated rings. The molecule has 0 radical (unpaired) electrons. The van der Waals surface area contributed by atoms with E-state index in [1.54, 1.807) is 0 Å². The zero-order valence-electron chi connectivity index (χ0n) is 9.00. The average molecular weight is 244 g/mol. The van der Waals surface area contributed by atoms with E-state index in [9.17, 15) is 7.38 Å². The molecule has 0 aromatic heterocycles. The molecule has 0 atom stereocenters. The summed E-state index contributed by atoms with van der Waals surface area (Å²) in [6, 6.07) is 0. The Bertz CT molecular complexity index is 155. The van der Waals surface area contributed by atoms with Crippen molar-refractivity contribution in [2.24, 2.45) is 5.92 Å². The summed E-state index contributed by atoms with van der Waals surface area (Å²) in [4.78, 5) is 0. The fourth-order valence-electron chi connectivity index (χ4n) is 0.704. The van der Waals surface area contributed by atoms with Gasteiger partial charge in [-0.15, -0.1) is 0 Å². The molecule has 0 aromatic rings. The van der Waals surface area contributed by atoms with Crippen molar-refractivity contribution in [3.05, 3.63) is 0 Å². The van der Waals surface area contributed by atoms with Crippen molar-refractivity contribution in [1.29, 1.82) is 0 Å². The van der Waals surface area contributed by atoms with Crippen LogP contribution in [-0.4, -0.2) is 22.3 Å². The zero-order chi connectivity index (χ0) is 10.7. The van der Waals surface area contributed by atoms with E-state index in [0.717, 1.165) is 0 Å². The van der Waals surface area contributed by atoms with Crippen LogP contribution in [0.15, 0.2) is 0 Å². The van der Waals surface area contributed by atoms with E-state index >= 15 is 0 Å². The number of rotatable bonds is 5. The molecule has 6 heteroatoms. The maximum atomic E-state index is 9.43. The van der Waals surface area contributed by atoms with Gasteiger partial charge in [0.15, 0.2) is 0 Å². The predicted octanol–water partition coefficient (Wildman–Crippen LogP) is 1.31. The van der Waals surface area contributed by atoms with Crippen LogP contribution in [0.5, 0.6) is 0 Å². The molecule has 0 bridgehead atoms. The first kappa shape index (κ1) is 13.8. The van der Waals surface area contributed by atoms with Gasteiger partial charge in [-0.3, -0.25) is 0 Å². The van der Waals surface area contributed by atoms with Crippen molar-refractivity contribution < 1.29 is 31.8 Å². The molecule has 13 heavy (non-hydrogen) atoms. The van der Waals surface area contributed by atoms with Crippen molar-refractivity contribution in [3.63, 3.8) is 0 Å². The van der Waals surface area contributed by atoms with E-state index in [1.807, 2.05) is 33.5 Å². The van der Waals surface area contributed by atoms with Crippen LogP contribution >= 0.6 is 0 Å². The van der Waals surface area contributed by atoms with Crippen LogP contribution in [0.25, 0.3) is 0 Å². The van der Waals surface area contributed by atoms with E-state index in [2.05, 4.69) is 0 Å². The molecule has 0 aromatic carbocycles. The minimum atomic E-state index is -4.34. The van der Waals surface area contributed by atoms with Gasteiger partial charge in [0.2, 0.25) is 0 Å². The molecule has 0 rings (SSSR count). The topological polar surface area (TPSA) is 58.9 Å². The molecule has 0 aliphatic heterocycles. The van der Waals surface area contributed by atoms with Gasteiger partial charge in [-0.05, 0) is 0 Å². The van der Waals surface area contributed by atoms with Crippen LogP contribution < -0.4 is 0 Å². The van der Waals surface area contributed by atoms with Crippen LogP contribution in [0, 0.1) is 5.92 Å². The molecule has 0 aliphatic rings. The van der Waals surface area contributed by atoms with Crippen LogP contribution in [0.3, 0.4) is 0 Å². The van der Waals surface area contributed by atoms with Crippen molar-refractivity contribution in [3.8, 4) is 0 Å². The first-order valence-electron chi connectivity index (χ1n) is 4.41. The maximum absolute atomic E-state index is 9.43. The molecular formula is C7H20O4SiTi. The molecule has 0 amide bonds. The Kier molecular flexibility index (Phi) is 5.32. The SMILES string of the molecule is CC(C)C[O][Ti]([OH])([OH])[O][Si](C)(C)C. The molecule has 4 nitrogen and oxygen atoms in total. The van der Waals surface area contributed by atoms with Gasteiger partial charge in [0, 0.05) is 0 Å². The fourth-order valence-corrected chi connectivity index (χ4v) is 6.43.